The third-order valence-corrected chi connectivity index (χ3v) is 4.88. The third kappa shape index (κ3) is 2.38. The van der Waals surface area contributed by atoms with Gasteiger partial charge in [0.05, 0.1) is 18.2 Å². The molecule has 1 fully saturated rings. The number of nitrogens with one attached hydrogen (secondary N) is 1. The minimum absolute atomic E-state index is 0.0624. The Morgan fingerprint density at radius 3 is 3.00 bits per heavy atom. The summed E-state index contributed by atoms with van der Waals surface area (Å²) >= 11 is 3.53. The van der Waals surface area contributed by atoms with Crippen LogP contribution in [0.25, 0.3) is 0 Å². The molecule has 2 aliphatic rings. The summed E-state index contributed by atoms with van der Waals surface area (Å²) in [7, 11) is 2.01. The van der Waals surface area contributed by atoms with Crippen LogP contribution >= 0.6 is 15.9 Å². The molecule has 0 spiro atoms. The number of nitrogens with zero attached hydrogens (tertiary/aromatic N) is 2. The summed E-state index contributed by atoms with van der Waals surface area (Å²) in [5, 5.41) is 3.41. The van der Waals surface area contributed by atoms with Gasteiger partial charge in [-0.1, -0.05) is 22.0 Å². The van der Waals surface area contributed by atoms with Crippen molar-refractivity contribution in [1.29, 1.82) is 0 Å². The molecule has 110 valence electrons. The van der Waals surface area contributed by atoms with E-state index in [1.807, 2.05) is 19.6 Å². The van der Waals surface area contributed by atoms with Crippen LogP contribution in [0.2, 0.25) is 0 Å². The van der Waals surface area contributed by atoms with E-state index in [-0.39, 0.29) is 6.10 Å². The van der Waals surface area contributed by atoms with Gasteiger partial charge in [0.25, 0.3) is 0 Å². The summed E-state index contributed by atoms with van der Waals surface area (Å²) < 4.78 is 9.62. The Bertz CT molecular complexity index is 665. The van der Waals surface area contributed by atoms with Gasteiger partial charge < -0.3 is 14.6 Å². The first kappa shape index (κ1) is 13.3. The van der Waals surface area contributed by atoms with Crippen LogP contribution in [0.3, 0.4) is 0 Å². The van der Waals surface area contributed by atoms with Gasteiger partial charge in [-0.25, -0.2) is 4.98 Å². The van der Waals surface area contributed by atoms with Gasteiger partial charge in [0.1, 0.15) is 11.9 Å². The van der Waals surface area contributed by atoms with Crippen LogP contribution in [0.5, 0.6) is 5.75 Å². The van der Waals surface area contributed by atoms with Crippen molar-refractivity contribution in [2.24, 2.45) is 0 Å². The lowest BCUT2D eigenvalue weighted by Crippen LogP contribution is -2.27. The van der Waals surface area contributed by atoms with E-state index in [4.69, 9.17) is 4.74 Å². The van der Waals surface area contributed by atoms with Crippen molar-refractivity contribution >= 4 is 15.9 Å². The summed E-state index contributed by atoms with van der Waals surface area (Å²) in [6.45, 7) is 0. The Morgan fingerprint density at radius 1 is 1.38 bits per heavy atom. The average molecular weight is 348 g/mol. The molecule has 4 rings (SSSR count). The Labute approximate surface area is 132 Å². The Kier molecular flexibility index (Phi) is 3.27. The number of hydrogen-bond donors (Lipinski definition) is 1. The number of ether oxygens (including phenoxy) is 1. The van der Waals surface area contributed by atoms with Crippen LogP contribution in [-0.4, -0.2) is 16.6 Å². The zero-order valence-electron chi connectivity index (χ0n) is 11.9. The van der Waals surface area contributed by atoms with Crippen molar-refractivity contribution in [2.75, 3.05) is 7.05 Å². The number of aromatic nitrogens is 2. The summed E-state index contributed by atoms with van der Waals surface area (Å²) in [6.07, 6.45) is 7.41. The molecule has 2 atom stereocenters. The highest BCUT2D eigenvalue weighted by Gasteiger charge is 2.33. The number of rotatable bonds is 3. The highest BCUT2D eigenvalue weighted by Crippen LogP contribution is 2.44. The molecule has 21 heavy (non-hydrogen) atoms. The van der Waals surface area contributed by atoms with Gasteiger partial charge in [-0.2, -0.15) is 0 Å². The number of benzene rings is 1. The molecule has 0 amide bonds. The molecule has 5 heteroatoms. The summed E-state index contributed by atoms with van der Waals surface area (Å²) in [5.41, 5.74) is 2.43. The molecule has 0 bridgehead atoms. The van der Waals surface area contributed by atoms with Crippen molar-refractivity contribution < 1.29 is 4.74 Å². The smallest absolute Gasteiger partial charge is 0.142 e. The molecule has 2 aromatic rings. The van der Waals surface area contributed by atoms with E-state index in [1.54, 1.807) is 0 Å². The minimum Gasteiger partial charge on any atom is -0.484 e. The first-order chi connectivity index (χ1) is 10.3. The molecule has 0 radical (unpaired) electrons. The van der Waals surface area contributed by atoms with E-state index < -0.39 is 0 Å². The number of halogens is 1. The molecule has 4 nitrogen and oxygen atoms in total. The maximum absolute atomic E-state index is 6.28. The highest BCUT2D eigenvalue weighted by molar-refractivity contribution is 9.10. The highest BCUT2D eigenvalue weighted by atomic mass is 79.9. The van der Waals surface area contributed by atoms with Gasteiger partial charge in [0.2, 0.25) is 0 Å². The predicted molar refractivity (Wildman–Crippen MR) is 84.4 cm³/mol. The minimum atomic E-state index is 0.0624. The molecule has 1 N–H and O–H groups in total. The number of fused-ring (bicyclic) bond motifs is 1. The van der Waals surface area contributed by atoms with Crippen LogP contribution in [0.1, 0.15) is 48.7 Å². The Balaban J connectivity index is 1.70. The van der Waals surface area contributed by atoms with E-state index in [9.17, 15) is 0 Å². The lowest BCUT2D eigenvalue weighted by Gasteiger charge is -2.32. The third-order valence-electron chi connectivity index (χ3n) is 4.38. The van der Waals surface area contributed by atoms with Crippen LogP contribution in [0, 0.1) is 0 Å². The molecule has 2 heterocycles. The standard InChI is InChI=1S/C16H18BrN3O/c1-18-13-7-16(14-8-19-9-20(14)11-3-4-11)21-15-6-10(17)2-5-12(13)15/h2,5-6,8-9,11,13,16,18H,3-4,7H2,1H3. The molecule has 1 aromatic carbocycles. The van der Waals surface area contributed by atoms with E-state index in [0.29, 0.717) is 12.1 Å². The predicted octanol–water partition coefficient (Wildman–Crippen LogP) is 3.76. The fourth-order valence-corrected chi connectivity index (χ4v) is 3.46. The van der Waals surface area contributed by atoms with Gasteiger partial charge in [-0.05, 0) is 32.0 Å². The van der Waals surface area contributed by atoms with Gasteiger partial charge >= 0.3 is 0 Å². The van der Waals surface area contributed by atoms with Crippen LogP contribution in [-0.2, 0) is 0 Å². The SMILES string of the molecule is CNC1CC(c2cncn2C2CC2)Oc2cc(Br)ccc21. The molecular weight excluding hydrogens is 330 g/mol. The molecular formula is C16H18BrN3O. The fraction of sp³-hybridized carbons (Fsp3) is 0.438. The summed E-state index contributed by atoms with van der Waals surface area (Å²) in [6, 6.07) is 7.21. The number of imidazole rings is 1. The first-order valence-corrected chi connectivity index (χ1v) is 8.20. The molecule has 1 aliphatic heterocycles. The Morgan fingerprint density at radius 2 is 2.24 bits per heavy atom. The van der Waals surface area contributed by atoms with E-state index in [2.05, 4.69) is 49.0 Å². The van der Waals surface area contributed by atoms with Gasteiger partial charge in [0, 0.05) is 28.5 Å². The number of hydrogen-bond acceptors (Lipinski definition) is 3. The fourth-order valence-electron chi connectivity index (χ4n) is 3.12. The lowest BCUT2D eigenvalue weighted by molar-refractivity contribution is 0.145. The molecule has 2 unspecified atom stereocenters. The zero-order valence-corrected chi connectivity index (χ0v) is 13.5. The van der Waals surface area contributed by atoms with E-state index in [1.165, 1.54) is 24.1 Å². The first-order valence-electron chi connectivity index (χ1n) is 7.41. The van der Waals surface area contributed by atoms with Gasteiger partial charge in [-0.3, -0.25) is 0 Å². The van der Waals surface area contributed by atoms with Crippen molar-refractivity contribution in [3.63, 3.8) is 0 Å². The van der Waals surface area contributed by atoms with Crippen molar-refractivity contribution in [3.8, 4) is 5.75 Å². The normalized spacial score (nSPS) is 24.5. The Hall–Kier alpha value is -1.33. The maximum atomic E-state index is 6.28. The average Bonchev–Trinajstić information content (AvgIpc) is 3.22. The molecule has 1 aromatic heterocycles. The quantitative estimate of drug-likeness (QED) is 0.918. The van der Waals surface area contributed by atoms with Crippen LogP contribution in [0.4, 0.5) is 0 Å². The topological polar surface area (TPSA) is 39.1 Å². The monoisotopic (exact) mass is 347 g/mol. The van der Waals surface area contributed by atoms with Crippen LogP contribution in [0.15, 0.2) is 35.2 Å². The largest absolute Gasteiger partial charge is 0.484 e. The van der Waals surface area contributed by atoms with Crippen molar-refractivity contribution in [1.82, 2.24) is 14.9 Å². The summed E-state index contributed by atoms with van der Waals surface area (Å²) in [5.74, 6) is 0.962. The summed E-state index contributed by atoms with van der Waals surface area (Å²) in [4.78, 5) is 4.34. The second kappa shape index (κ2) is 5.14. The van der Waals surface area contributed by atoms with Crippen molar-refractivity contribution in [2.45, 2.75) is 37.5 Å². The van der Waals surface area contributed by atoms with Crippen molar-refractivity contribution in [3.05, 3.63) is 46.5 Å². The van der Waals surface area contributed by atoms with Gasteiger partial charge in [-0.15, -0.1) is 0 Å². The molecule has 1 aliphatic carbocycles. The van der Waals surface area contributed by atoms with E-state index >= 15 is 0 Å². The maximum Gasteiger partial charge on any atom is 0.142 e. The second-order valence-corrected chi connectivity index (χ2v) is 6.74. The lowest BCUT2D eigenvalue weighted by atomic mass is 9.95. The zero-order chi connectivity index (χ0) is 14.4. The molecule has 1 saturated carbocycles. The second-order valence-electron chi connectivity index (χ2n) is 5.82. The van der Waals surface area contributed by atoms with E-state index in [0.717, 1.165) is 16.6 Å². The van der Waals surface area contributed by atoms with Crippen LogP contribution < -0.4 is 10.1 Å². The van der Waals surface area contributed by atoms with Gasteiger partial charge in [0.15, 0.2) is 0 Å². The molecule has 0 saturated heterocycles.